The average molecular weight is 566 g/mol. The quantitative estimate of drug-likeness (QED) is 0.417. The second kappa shape index (κ2) is 13.2. The summed E-state index contributed by atoms with van der Waals surface area (Å²) < 4.78 is 37.4. The van der Waals surface area contributed by atoms with Crippen LogP contribution in [0.25, 0.3) is 0 Å². The van der Waals surface area contributed by atoms with Gasteiger partial charge in [0.25, 0.3) is 0 Å². The van der Waals surface area contributed by atoms with Crippen LogP contribution in [-0.4, -0.2) is 64.2 Å². The molecule has 2 aromatic rings. The fourth-order valence-corrected chi connectivity index (χ4v) is 5.73. The molecule has 11 heteroatoms. The van der Waals surface area contributed by atoms with E-state index in [1.807, 2.05) is 6.92 Å². The van der Waals surface area contributed by atoms with Crippen molar-refractivity contribution in [2.75, 3.05) is 31.3 Å². The van der Waals surface area contributed by atoms with Gasteiger partial charge in [-0.2, -0.15) is 0 Å². The Morgan fingerprint density at radius 1 is 1.11 bits per heavy atom. The highest BCUT2D eigenvalue weighted by atomic mass is 35.5. The standard InChI is InChI=1S/C27H36ClN3O6S/c1-5-23(27(33)29-20-11-7-8-12-20)30(17-19-10-6-9-13-22(19)28)26(32)18-31(38(4,34)35)24-15-14-21(36-2)16-25(24)37-3/h6,9-10,13-16,20,23H,5,7-8,11-12,17-18H2,1-4H3,(H,29,33)/t23-/m0/s1. The van der Waals surface area contributed by atoms with Crippen molar-refractivity contribution < 1.29 is 27.5 Å². The maximum atomic E-state index is 13.9. The van der Waals surface area contributed by atoms with Gasteiger partial charge in [0, 0.05) is 23.7 Å². The Kier molecular flexibility index (Phi) is 10.3. The Hall–Kier alpha value is -2.98. The van der Waals surface area contributed by atoms with Gasteiger partial charge in [-0.15, -0.1) is 0 Å². The molecular weight excluding hydrogens is 530 g/mol. The lowest BCUT2D eigenvalue weighted by Crippen LogP contribution is -2.53. The fourth-order valence-electron chi connectivity index (χ4n) is 4.68. The third-order valence-electron chi connectivity index (χ3n) is 6.72. The van der Waals surface area contributed by atoms with Crippen molar-refractivity contribution >= 4 is 39.1 Å². The number of hydrogen-bond acceptors (Lipinski definition) is 6. The molecule has 0 aromatic heterocycles. The molecule has 38 heavy (non-hydrogen) atoms. The van der Waals surface area contributed by atoms with Crippen molar-refractivity contribution in [3.05, 3.63) is 53.1 Å². The summed E-state index contributed by atoms with van der Waals surface area (Å²) in [7, 11) is -1.02. The molecule has 0 bridgehead atoms. The van der Waals surface area contributed by atoms with Gasteiger partial charge < -0.3 is 19.7 Å². The van der Waals surface area contributed by atoms with Crippen LogP contribution in [0.2, 0.25) is 5.02 Å². The zero-order valence-corrected chi connectivity index (χ0v) is 23.8. The minimum Gasteiger partial charge on any atom is -0.497 e. The molecule has 0 heterocycles. The van der Waals surface area contributed by atoms with Crippen LogP contribution < -0.4 is 19.1 Å². The summed E-state index contributed by atoms with van der Waals surface area (Å²) >= 11 is 6.41. The third kappa shape index (κ3) is 7.32. The first-order chi connectivity index (χ1) is 18.1. The minimum atomic E-state index is -3.91. The Morgan fingerprint density at radius 3 is 2.37 bits per heavy atom. The summed E-state index contributed by atoms with van der Waals surface area (Å²) in [6.07, 6.45) is 5.28. The van der Waals surface area contributed by atoms with Crippen LogP contribution in [0.4, 0.5) is 5.69 Å². The molecule has 0 saturated heterocycles. The predicted molar refractivity (Wildman–Crippen MR) is 148 cm³/mol. The van der Waals surface area contributed by atoms with Crippen molar-refractivity contribution in [3.8, 4) is 11.5 Å². The molecule has 1 atom stereocenters. The molecule has 0 radical (unpaired) electrons. The van der Waals surface area contributed by atoms with Gasteiger partial charge in [0.05, 0.1) is 26.2 Å². The molecule has 1 aliphatic carbocycles. The van der Waals surface area contributed by atoms with Crippen molar-refractivity contribution in [2.24, 2.45) is 0 Å². The van der Waals surface area contributed by atoms with E-state index < -0.39 is 28.5 Å². The minimum absolute atomic E-state index is 0.0481. The summed E-state index contributed by atoms with van der Waals surface area (Å²) in [5.74, 6) is -0.0963. The normalized spacial score (nSPS) is 14.6. The number of nitrogens with one attached hydrogen (secondary N) is 1. The largest absolute Gasteiger partial charge is 0.497 e. The van der Waals surface area contributed by atoms with Gasteiger partial charge in [-0.25, -0.2) is 8.42 Å². The average Bonchev–Trinajstić information content (AvgIpc) is 3.40. The molecule has 208 valence electrons. The number of carbonyl (C=O) groups excluding carboxylic acids is 2. The van der Waals surface area contributed by atoms with E-state index in [9.17, 15) is 18.0 Å². The number of anilines is 1. The topological polar surface area (TPSA) is 105 Å². The van der Waals surface area contributed by atoms with Crippen molar-refractivity contribution in [1.29, 1.82) is 0 Å². The number of methoxy groups -OCH3 is 2. The number of amides is 2. The molecule has 2 aromatic carbocycles. The summed E-state index contributed by atoms with van der Waals surface area (Å²) in [5, 5.41) is 3.53. The number of benzene rings is 2. The Labute approximate surface area is 230 Å². The summed E-state index contributed by atoms with van der Waals surface area (Å²) in [5.41, 5.74) is 0.841. The summed E-state index contributed by atoms with van der Waals surface area (Å²) in [6, 6.07) is 11.0. The fraction of sp³-hybridized carbons (Fsp3) is 0.481. The molecule has 0 spiro atoms. The van der Waals surface area contributed by atoms with Crippen LogP contribution in [0.15, 0.2) is 42.5 Å². The zero-order valence-electron chi connectivity index (χ0n) is 22.3. The molecule has 3 rings (SSSR count). The smallest absolute Gasteiger partial charge is 0.244 e. The van der Waals surface area contributed by atoms with Gasteiger partial charge in [-0.3, -0.25) is 13.9 Å². The first-order valence-electron chi connectivity index (χ1n) is 12.6. The van der Waals surface area contributed by atoms with Gasteiger partial charge in [-0.05, 0) is 43.0 Å². The van der Waals surface area contributed by atoms with Crippen LogP contribution in [0.3, 0.4) is 0 Å². The van der Waals surface area contributed by atoms with Gasteiger partial charge in [-0.1, -0.05) is 49.6 Å². The molecular formula is C27H36ClN3O6S. The van der Waals surface area contributed by atoms with E-state index in [4.69, 9.17) is 21.1 Å². The van der Waals surface area contributed by atoms with E-state index in [1.54, 1.807) is 36.4 Å². The van der Waals surface area contributed by atoms with E-state index in [0.717, 1.165) is 36.2 Å². The highest BCUT2D eigenvalue weighted by Crippen LogP contribution is 2.34. The maximum absolute atomic E-state index is 13.9. The van der Waals surface area contributed by atoms with Crippen LogP contribution in [0.5, 0.6) is 11.5 Å². The zero-order chi connectivity index (χ0) is 27.9. The molecule has 1 saturated carbocycles. The van der Waals surface area contributed by atoms with Crippen molar-refractivity contribution in [1.82, 2.24) is 10.2 Å². The van der Waals surface area contributed by atoms with Gasteiger partial charge in [0.1, 0.15) is 24.1 Å². The number of rotatable bonds is 12. The monoisotopic (exact) mass is 565 g/mol. The predicted octanol–water partition coefficient (Wildman–Crippen LogP) is 3.99. The Bertz CT molecular complexity index is 1230. The van der Waals surface area contributed by atoms with Crippen LogP contribution in [0.1, 0.15) is 44.6 Å². The molecule has 1 N–H and O–H groups in total. The number of ether oxygens (including phenoxy) is 2. The van der Waals surface area contributed by atoms with Gasteiger partial charge in [0.2, 0.25) is 21.8 Å². The SMILES string of the molecule is CC[C@@H](C(=O)NC1CCCC1)N(Cc1ccccc1Cl)C(=O)CN(c1ccc(OC)cc1OC)S(C)(=O)=O. The third-order valence-corrected chi connectivity index (χ3v) is 8.22. The van der Waals surface area contributed by atoms with Gasteiger partial charge in [0.15, 0.2) is 0 Å². The summed E-state index contributed by atoms with van der Waals surface area (Å²) in [6.45, 7) is 1.35. The maximum Gasteiger partial charge on any atom is 0.244 e. The van der Waals surface area contributed by atoms with Crippen molar-refractivity contribution in [2.45, 2.75) is 57.7 Å². The molecule has 2 amide bonds. The van der Waals surface area contributed by atoms with E-state index in [-0.39, 0.29) is 29.9 Å². The molecule has 1 fully saturated rings. The molecule has 0 unspecified atom stereocenters. The van der Waals surface area contributed by atoms with E-state index in [1.165, 1.54) is 25.2 Å². The number of sulfonamides is 1. The first kappa shape index (κ1) is 29.6. The number of carbonyl (C=O) groups is 2. The second-order valence-electron chi connectivity index (χ2n) is 9.33. The summed E-state index contributed by atoms with van der Waals surface area (Å²) in [4.78, 5) is 28.7. The van der Waals surface area contributed by atoms with E-state index >= 15 is 0 Å². The van der Waals surface area contributed by atoms with Gasteiger partial charge >= 0.3 is 0 Å². The van der Waals surface area contributed by atoms with Crippen LogP contribution >= 0.6 is 11.6 Å². The molecule has 1 aliphatic rings. The number of halogens is 1. The Morgan fingerprint density at radius 2 is 1.79 bits per heavy atom. The van der Waals surface area contributed by atoms with Crippen LogP contribution in [-0.2, 0) is 26.2 Å². The lowest BCUT2D eigenvalue weighted by molar-refractivity contribution is -0.140. The lowest BCUT2D eigenvalue weighted by Gasteiger charge is -2.33. The Balaban J connectivity index is 1.98. The van der Waals surface area contributed by atoms with E-state index in [2.05, 4.69) is 5.32 Å². The number of nitrogens with zero attached hydrogens (tertiary/aromatic N) is 2. The van der Waals surface area contributed by atoms with Crippen LogP contribution in [0, 0.1) is 0 Å². The van der Waals surface area contributed by atoms with Crippen molar-refractivity contribution in [3.63, 3.8) is 0 Å². The highest BCUT2D eigenvalue weighted by molar-refractivity contribution is 7.92. The molecule has 9 nitrogen and oxygen atoms in total. The first-order valence-corrected chi connectivity index (χ1v) is 14.8. The highest BCUT2D eigenvalue weighted by Gasteiger charge is 2.34. The van der Waals surface area contributed by atoms with E-state index in [0.29, 0.717) is 22.8 Å². The second-order valence-corrected chi connectivity index (χ2v) is 11.6. The lowest BCUT2D eigenvalue weighted by atomic mass is 10.1. The number of hydrogen-bond donors (Lipinski definition) is 1. The molecule has 0 aliphatic heterocycles.